The number of aliphatic hydroxyl groups excluding tert-OH is 3. The van der Waals surface area contributed by atoms with Gasteiger partial charge < -0.3 is 36.2 Å². The van der Waals surface area contributed by atoms with E-state index in [4.69, 9.17) is 5.73 Å². The van der Waals surface area contributed by atoms with Crippen LogP contribution in [0.3, 0.4) is 0 Å². The van der Waals surface area contributed by atoms with Gasteiger partial charge in [0.2, 0.25) is 5.78 Å². The van der Waals surface area contributed by atoms with Crippen molar-refractivity contribution in [2.45, 2.75) is 31.0 Å². The maximum Gasteiger partial charge on any atom is 0.255 e. The van der Waals surface area contributed by atoms with Crippen LogP contribution >= 0.6 is 0 Å². The van der Waals surface area contributed by atoms with Crippen LogP contribution in [-0.2, 0) is 14.4 Å². The Balaban J connectivity index is 1.97. The lowest BCUT2D eigenvalue weighted by Crippen LogP contribution is -2.63. The van der Waals surface area contributed by atoms with E-state index in [1.165, 1.54) is 0 Å². The number of hydrogen-bond donors (Lipinski definition) is 6. The van der Waals surface area contributed by atoms with Gasteiger partial charge in [0.15, 0.2) is 11.4 Å². The fraction of sp³-hybridized carbons (Fsp3) is 0.346. The number of phenols is 1. The third-order valence-corrected chi connectivity index (χ3v) is 7.52. The number of rotatable bonds is 6. The molecule has 5 atom stereocenters. The summed E-state index contributed by atoms with van der Waals surface area (Å²) in [5.41, 5.74) is 1.70. The number of anilines is 1. The Labute approximate surface area is 207 Å². The van der Waals surface area contributed by atoms with E-state index in [9.17, 15) is 39.9 Å². The molecule has 0 spiro atoms. The fourth-order valence-electron chi connectivity index (χ4n) is 5.82. The SMILES string of the molecule is C=CCN(CC=C)c1ccc2c(c1O)C(O)=C1C(=O)[C@]3(O)C(O)=C(C(N)=O)C(=O)C[C@@H]3[C@@H](O)[C@@H]1[C@H]2C. The fourth-order valence-corrected chi connectivity index (χ4v) is 5.82. The van der Waals surface area contributed by atoms with Crippen LogP contribution in [0.5, 0.6) is 5.75 Å². The Hall–Kier alpha value is -3.89. The summed E-state index contributed by atoms with van der Waals surface area (Å²) >= 11 is 0. The van der Waals surface area contributed by atoms with Crippen molar-refractivity contribution in [1.29, 1.82) is 0 Å². The number of phenolic OH excluding ortho intramolecular Hbond substituents is 1. The number of nitrogens with two attached hydrogens (primary N) is 1. The molecule has 36 heavy (non-hydrogen) atoms. The summed E-state index contributed by atoms with van der Waals surface area (Å²) in [5, 5.41) is 55.8. The Kier molecular flexibility index (Phi) is 6.06. The number of benzene rings is 1. The Bertz CT molecular complexity index is 1270. The standard InChI is InChI=1S/C26H28N2O8/c1-4-8-28(9-5-2)14-7-6-12-11(3)16-19(22(32)17(12)21(14)31)24(34)26(36)13(20(16)30)10-15(29)18(23(26)33)25(27)35/h4-7,11,13,16,20,30-33,36H,1-2,8-10H2,3H3,(H2,27,35)/t11-,13+,16+,20+,26+/m0/s1. The largest absolute Gasteiger partial charge is 0.508 e. The van der Waals surface area contributed by atoms with Crippen molar-refractivity contribution in [3.8, 4) is 5.75 Å². The van der Waals surface area contributed by atoms with Gasteiger partial charge >= 0.3 is 0 Å². The normalized spacial score (nSPS) is 29.3. The molecule has 10 nitrogen and oxygen atoms in total. The van der Waals surface area contributed by atoms with Crippen LogP contribution in [0.15, 0.2) is 54.3 Å². The highest BCUT2D eigenvalue weighted by atomic mass is 16.4. The van der Waals surface area contributed by atoms with Gasteiger partial charge in [0.25, 0.3) is 5.91 Å². The topological polar surface area (TPSA) is 182 Å². The molecule has 190 valence electrons. The molecule has 1 aromatic rings. The van der Waals surface area contributed by atoms with Gasteiger partial charge in [0, 0.05) is 36.9 Å². The van der Waals surface area contributed by atoms with Gasteiger partial charge in [-0.05, 0) is 17.5 Å². The second-order valence-corrected chi connectivity index (χ2v) is 9.36. The molecule has 0 aromatic heterocycles. The number of aromatic hydroxyl groups is 1. The zero-order valence-electron chi connectivity index (χ0n) is 19.6. The van der Waals surface area contributed by atoms with Gasteiger partial charge in [-0.1, -0.05) is 25.1 Å². The van der Waals surface area contributed by atoms with E-state index in [1.807, 2.05) is 0 Å². The van der Waals surface area contributed by atoms with E-state index >= 15 is 0 Å². The smallest absolute Gasteiger partial charge is 0.255 e. The lowest BCUT2D eigenvalue weighted by Gasteiger charge is -2.50. The van der Waals surface area contributed by atoms with E-state index in [0.717, 1.165) is 0 Å². The zero-order valence-corrected chi connectivity index (χ0v) is 19.6. The molecule has 0 aliphatic heterocycles. The number of Topliss-reactive ketones (excluding diaryl/α,β-unsaturated/α-hetero) is 2. The molecule has 1 fully saturated rings. The molecule has 0 radical (unpaired) electrons. The first-order valence-electron chi connectivity index (χ1n) is 11.4. The molecule has 1 saturated carbocycles. The van der Waals surface area contributed by atoms with Gasteiger partial charge in [0.05, 0.1) is 17.4 Å². The Morgan fingerprint density at radius 3 is 2.36 bits per heavy atom. The zero-order chi connectivity index (χ0) is 26.7. The highest BCUT2D eigenvalue weighted by molar-refractivity contribution is 6.23. The molecule has 10 heteroatoms. The van der Waals surface area contributed by atoms with Crippen LogP contribution < -0.4 is 10.6 Å². The number of amides is 1. The van der Waals surface area contributed by atoms with Crippen molar-refractivity contribution in [2.24, 2.45) is 17.6 Å². The highest BCUT2D eigenvalue weighted by Gasteiger charge is 2.64. The quantitative estimate of drug-likeness (QED) is 0.248. The average molecular weight is 497 g/mol. The Morgan fingerprint density at radius 1 is 1.19 bits per heavy atom. The van der Waals surface area contributed by atoms with Gasteiger partial charge in [-0.2, -0.15) is 0 Å². The van der Waals surface area contributed by atoms with Gasteiger partial charge in [-0.25, -0.2) is 0 Å². The maximum atomic E-state index is 13.7. The first-order valence-corrected chi connectivity index (χ1v) is 11.4. The molecule has 1 amide bonds. The van der Waals surface area contributed by atoms with Crippen molar-refractivity contribution < 1.29 is 39.9 Å². The van der Waals surface area contributed by atoms with E-state index < -0.39 is 76.0 Å². The second-order valence-electron chi connectivity index (χ2n) is 9.36. The highest BCUT2D eigenvalue weighted by Crippen LogP contribution is 2.56. The predicted octanol–water partition coefficient (Wildman–Crippen LogP) is 1.13. The molecule has 0 bridgehead atoms. The van der Waals surface area contributed by atoms with Gasteiger partial charge in [-0.3, -0.25) is 14.4 Å². The molecular weight excluding hydrogens is 468 g/mol. The number of fused-ring (bicyclic) bond motifs is 3. The number of carbonyl (C=O) groups is 3. The van der Waals surface area contributed by atoms with Gasteiger partial charge in [0.1, 0.15) is 22.8 Å². The molecule has 0 saturated heterocycles. The van der Waals surface area contributed by atoms with Crippen LogP contribution in [0.1, 0.15) is 30.4 Å². The summed E-state index contributed by atoms with van der Waals surface area (Å²) < 4.78 is 0. The molecule has 7 N–H and O–H groups in total. The molecule has 4 rings (SSSR count). The summed E-state index contributed by atoms with van der Waals surface area (Å²) in [4.78, 5) is 39.7. The first kappa shape index (κ1) is 25.2. The maximum absolute atomic E-state index is 13.7. The van der Waals surface area contributed by atoms with Crippen molar-refractivity contribution in [2.75, 3.05) is 18.0 Å². The molecule has 0 unspecified atom stereocenters. The average Bonchev–Trinajstić information content (AvgIpc) is 2.81. The van der Waals surface area contributed by atoms with E-state index in [-0.39, 0.29) is 11.3 Å². The third kappa shape index (κ3) is 3.21. The molecule has 3 aliphatic rings. The lowest BCUT2D eigenvalue weighted by molar-refractivity contribution is -0.160. The number of aliphatic hydroxyl groups is 4. The minimum atomic E-state index is -2.86. The number of nitrogens with zero attached hydrogens (tertiary/aromatic N) is 1. The molecular formula is C26H28N2O8. The molecule has 3 aliphatic carbocycles. The van der Waals surface area contributed by atoms with Crippen LogP contribution in [0, 0.1) is 11.8 Å². The summed E-state index contributed by atoms with van der Waals surface area (Å²) in [6.45, 7) is 9.76. The third-order valence-electron chi connectivity index (χ3n) is 7.52. The number of carbonyl (C=O) groups excluding carboxylic acids is 3. The van der Waals surface area contributed by atoms with E-state index in [1.54, 1.807) is 36.1 Å². The predicted molar refractivity (Wildman–Crippen MR) is 130 cm³/mol. The summed E-state index contributed by atoms with van der Waals surface area (Å²) in [5.74, 6) is -8.86. The van der Waals surface area contributed by atoms with Crippen LogP contribution in [0.4, 0.5) is 5.69 Å². The van der Waals surface area contributed by atoms with Crippen molar-refractivity contribution in [1.82, 2.24) is 0 Å². The van der Waals surface area contributed by atoms with Crippen LogP contribution in [0.25, 0.3) is 5.76 Å². The van der Waals surface area contributed by atoms with Crippen molar-refractivity contribution in [3.63, 3.8) is 0 Å². The minimum Gasteiger partial charge on any atom is -0.508 e. The second kappa shape index (κ2) is 8.65. The van der Waals surface area contributed by atoms with E-state index in [0.29, 0.717) is 24.3 Å². The van der Waals surface area contributed by atoms with Crippen LogP contribution in [0.2, 0.25) is 0 Å². The number of hydrogen-bond acceptors (Lipinski definition) is 9. The van der Waals surface area contributed by atoms with Crippen LogP contribution in [-0.4, -0.2) is 67.8 Å². The molecule has 0 heterocycles. The Morgan fingerprint density at radius 2 is 1.81 bits per heavy atom. The monoisotopic (exact) mass is 496 g/mol. The first-order chi connectivity index (χ1) is 16.9. The van der Waals surface area contributed by atoms with Gasteiger partial charge in [-0.15, -0.1) is 13.2 Å². The summed E-state index contributed by atoms with van der Waals surface area (Å²) in [6.07, 6.45) is 1.06. The number of primary amides is 1. The lowest BCUT2D eigenvalue weighted by atomic mass is 9.55. The number of ketones is 2. The summed E-state index contributed by atoms with van der Waals surface area (Å²) in [7, 11) is 0. The molecule has 1 aromatic carbocycles. The summed E-state index contributed by atoms with van der Waals surface area (Å²) in [6, 6.07) is 3.30. The van der Waals surface area contributed by atoms with Crippen molar-refractivity contribution >= 4 is 28.9 Å². The minimum absolute atomic E-state index is 0.0579. The van der Waals surface area contributed by atoms with E-state index in [2.05, 4.69) is 13.2 Å². The van der Waals surface area contributed by atoms with Crippen molar-refractivity contribution in [3.05, 3.63) is 65.5 Å².